The largest absolute Gasteiger partial charge is 0.306 e. The second kappa shape index (κ2) is 4.52. The van der Waals surface area contributed by atoms with E-state index < -0.39 is 16.4 Å². The number of hydrogen-bond donors (Lipinski definition) is 1. The molecule has 0 amide bonds. The van der Waals surface area contributed by atoms with Crippen LogP contribution in [0.15, 0.2) is 18.2 Å². The molecule has 0 bridgehead atoms. The highest BCUT2D eigenvalue weighted by Gasteiger charge is 2.13. The predicted molar refractivity (Wildman–Crippen MR) is 48.3 cm³/mol. The van der Waals surface area contributed by atoms with Gasteiger partial charge in [0.15, 0.2) is 0 Å². The molecule has 0 aromatic heterocycles. The highest BCUT2D eigenvalue weighted by atomic mass is 19.1. The minimum absolute atomic E-state index is 0.347. The van der Waals surface area contributed by atoms with Crippen LogP contribution in [0.4, 0.5) is 15.8 Å². The molecule has 76 valence electrons. The maximum absolute atomic E-state index is 12.8. The zero-order valence-electron chi connectivity index (χ0n) is 7.49. The number of nitro benzene ring substituents is 1. The van der Waals surface area contributed by atoms with Crippen LogP contribution in [-0.4, -0.2) is 11.5 Å². The smallest absolute Gasteiger partial charge is 0.276 e. The monoisotopic (exact) mass is 200 g/mol. The van der Waals surface area contributed by atoms with Crippen molar-refractivity contribution in [3.63, 3.8) is 0 Å². The molecular weight excluding hydrogens is 191 g/mol. The second-order valence-corrected chi connectivity index (χ2v) is 2.46. The molecule has 14 heavy (non-hydrogen) atoms. The predicted octanol–water partition coefficient (Wildman–Crippen LogP) is 2.10. The normalized spacial score (nSPS) is 9.86. The van der Waals surface area contributed by atoms with E-state index in [0.717, 1.165) is 12.1 Å². The highest BCUT2D eigenvalue weighted by molar-refractivity contribution is 5.50. The lowest BCUT2D eigenvalue weighted by molar-refractivity contribution is -0.387. The summed E-state index contributed by atoms with van der Waals surface area (Å²) >= 11 is 0. The van der Waals surface area contributed by atoms with E-state index in [1.165, 1.54) is 6.07 Å². The van der Waals surface area contributed by atoms with E-state index >= 15 is 0 Å². The number of nitrogens with one attached hydrogen (secondary N) is 1. The lowest BCUT2D eigenvalue weighted by Crippen LogP contribution is -2.01. The zero-order valence-corrected chi connectivity index (χ0v) is 7.49. The second-order valence-electron chi connectivity index (χ2n) is 2.46. The van der Waals surface area contributed by atoms with Gasteiger partial charge >= 0.3 is 5.69 Å². The Labute approximate surface area is 79.6 Å². The standard InChI is InChI=1S/C8H9FN2O3/c1-2-14-10-6-3-4-7(9)8(5-6)11(12)13/h3-5,10H,2H2,1H3. The fourth-order valence-electron chi connectivity index (χ4n) is 0.872. The molecule has 1 aromatic carbocycles. The van der Waals surface area contributed by atoms with Crippen molar-refractivity contribution in [1.29, 1.82) is 0 Å². The number of nitrogens with zero attached hydrogens (tertiary/aromatic N) is 1. The van der Waals surface area contributed by atoms with Crippen LogP contribution in [0.3, 0.4) is 0 Å². The zero-order chi connectivity index (χ0) is 10.6. The van der Waals surface area contributed by atoms with Gasteiger partial charge in [-0.25, -0.2) is 0 Å². The van der Waals surface area contributed by atoms with Gasteiger partial charge in [-0.05, 0) is 19.1 Å². The van der Waals surface area contributed by atoms with Gasteiger partial charge in [-0.2, -0.15) is 4.39 Å². The van der Waals surface area contributed by atoms with Crippen LogP contribution < -0.4 is 5.48 Å². The lowest BCUT2D eigenvalue weighted by atomic mass is 10.3. The van der Waals surface area contributed by atoms with Gasteiger partial charge in [0.25, 0.3) is 0 Å². The molecule has 0 heterocycles. The molecule has 0 fully saturated rings. The summed E-state index contributed by atoms with van der Waals surface area (Å²) in [6.45, 7) is 2.16. The van der Waals surface area contributed by atoms with Crippen LogP contribution in [0.1, 0.15) is 6.92 Å². The molecule has 6 heteroatoms. The topological polar surface area (TPSA) is 64.4 Å². The molecule has 0 aliphatic rings. The van der Waals surface area contributed by atoms with E-state index in [-0.39, 0.29) is 0 Å². The first kappa shape index (κ1) is 10.4. The summed E-state index contributed by atoms with van der Waals surface area (Å²) in [5.74, 6) is -0.864. The first-order valence-corrected chi connectivity index (χ1v) is 3.97. The molecule has 0 unspecified atom stereocenters. The van der Waals surface area contributed by atoms with Crippen molar-refractivity contribution in [2.24, 2.45) is 0 Å². The quantitative estimate of drug-likeness (QED) is 0.597. The molecule has 0 aliphatic carbocycles. The lowest BCUT2D eigenvalue weighted by Gasteiger charge is -2.04. The van der Waals surface area contributed by atoms with E-state index in [1.807, 2.05) is 0 Å². The Morgan fingerprint density at radius 2 is 2.36 bits per heavy atom. The summed E-state index contributed by atoms with van der Waals surface area (Å²) in [6.07, 6.45) is 0. The van der Waals surface area contributed by atoms with E-state index in [1.54, 1.807) is 6.92 Å². The third kappa shape index (κ3) is 2.40. The van der Waals surface area contributed by atoms with Crippen molar-refractivity contribution in [3.8, 4) is 0 Å². The van der Waals surface area contributed by atoms with Crippen molar-refractivity contribution in [2.45, 2.75) is 6.92 Å². The minimum atomic E-state index is -0.864. The van der Waals surface area contributed by atoms with Crippen LogP contribution in [0.25, 0.3) is 0 Å². The number of rotatable bonds is 4. The maximum Gasteiger partial charge on any atom is 0.306 e. The molecule has 0 aliphatic heterocycles. The third-order valence-corrected chi connectivity index (χ3v) is 1.48. The van der Waals surface area contributed by atoms with Gasteiger partial charge in [0.05, 0.1) is 17.2 Å². The first-order valence-electron chi connectivity index (χ1n) is 3.97. The summed E-state index contributed by atoms with van der Waals surface area (Å²) < 4.78 is 12.8. The van der Waals surface area contributed by atoms with Crippen molar-refractivity contribution in [3.05, 3.63) is 34.1 Å². The third-order valence-electron chi connectivity index (χ3n) is 1.48. The first-order chi connectivity index (χ1) is 6.65. The Morgan fingerprint density at radius 3 is 2.93 bits per heavy atom. The van der Waals surface area contributed by atoms with Gasteiger partial charge < -0.3 is 0 Å². The summed E-state index contributed by atoms with van der Waals surface area (Å²) in [6, 6.07) is 3.45. The van der Waals surface area contributed by atoms with Crippen LogP contribution >= 0.6 is 0 Å². The van der Waals surface area contributed by atoms with E-state index in [4.69, 9.17) is 4.84 Å². The van der Waals surface area contributed by atoms with E-state index in [0.29, 0.717) is 12.3 Å². The molecule has 0 atom stereocenters. The van der Waals surface area contributed by atoms with E-state index in [2.05, 4.69) is 5.48 Å². The minimum Gasteiger partial charge on any atom is -0.276 e. The number of halogens is 1. The fraction of sp³-hybridized carbons (Fsp3) is 0.250. The fourth-order valence-corrected chi connectivity index (χ4v) is 0.872. The van der Waals surface area contributed by atoms with Crippen molar-refractivity contribution < 1.29 is 14.2 Å². The average Bonchev–Trinajstić information content (AvgIpc) is 2.16. The van der Waals surface area contributed by atoms with Gasteiger partial charge in [-0.3, -0.25) is 20.4 Å². The van der Waals surface area contributed by atoms with Crippen molar-refractivity contribution >= 4 is 11.4 Å². The van der Waals surface area contributed by atoms with Gasteiger partial charge in [0, 0.05) is 6.07 Å². The molecule has 1 N–H and O–H groups in total. The van der Waals surface area contributed by atoms with Gasteiger partial charge in [-0.1, -0.05) is 0 Å². The Hall–Kier alpha value is -1.69. The van der Waals surface area contributed by atoms with Crippen molar-refractivity contribution in [1.82, 2.24) is 0 Å². The van der Waals surface area contributed by atoms with Crippen LogP contribution in [-0.2, 0) is 4.84 Å². The van der Waals surface area contributed by atoms with Crippen molar-refractivity contribution in [2.75, 3.05) is 12.1 Å². The van der Waals surface area contributed by atoms with Crippen LogP contribution in [0.5, 0.6) is 0 Å². The Morgan fingerprint density at radius 1 is 1.64 bits per heavy atom. The maximum atomic E-state index is 12.8. The summed E-state index contributed by atoms with van der Waals surface area (Å²) in [5, 5.41) is 10.3. The number of hydrogen-bond acceptors (Lipinski definition) is 4. The summed E-state index contributed by atoms with van der Waals surface area (Å²) in [5.41, 5.74) is 2.22. The van der Waals surface area contributed by atoms with Crippen LogP contribution in [0, 0.1) is 15.9 Å². The number of anilines is 1. The SMILES string of the molecule is CCONc1ccc(F)c([N+](=O)[O-])c1. The van der Waals surface area contributed by atoms with Gasteiger partial charge in [0.1, 0.15) is 0 Å². The molecule has 5 nitrogen and oxygen atoms in total. The number of benzene rings is 1. The highest BCUT2D eigenvalue weighted by Crippen LogP contribution is 2.21. The molecule has 0 saturated heterocycles. The molecule has 0 spiro atoms. The Balaban J connectivity index is 2.89. The molecule has 0 saturated carbocycles. The summed E-state index contributed by atoms with van der Waals surface area (Å²) in [4.78, 5) is 14.4. The molecular formula is C8H9FN2O3. The Kier molecular flexibility index (Phi) is 3.35. The molecule has 0 radical (unpaired) electrons. The molecule has 1 aromatic rings. The Bertz CT molecular complexity index is 343. The molecule has 1 rings (SSSR count). The van der Waals surface area contributed by atoms with Gasteiger partial charge in [0.2, 0.25) is 5.82 Å². The average molecular weight is 200 g/mol. The van der Waals surface area contributed by atoms with E-state index in [9.17, 15) is 14.5 Å². The summed E-state index contributed by atoms with van der Waals surface area (Å²) in [7, 11) is 0. The van der Waals surface area contributed by atoms with Gasteiger partial charge in [-0.15, -0.1) is 0 Å². The van der Waals surface area contributed by atoms with Crippen LogP contribution in [0.2, 0.25) is 0 Å². The number of nitro groups is 1.